The lowest BCUT2D eigenvalue weighted by Crippen LogP contribution is -2.25. The highest BCUT2D eigenvalue weighted by atomic mass is 19.4. The largest absolute Gasteiger partial charge is 0.411 e. The number of ether oxygens (including phenoxy) is 1. The highest BCUT2D eigenvalue weighted by molar-refractivity contribution is 5.27. The number of benzene rings is 1. The van der Waals surface area contributed by atoms with Gasteiger partial charge in [-0.2, -0.15) is 13.2 Å². The van der Waals surface area contributed by atoms with Gasteiger partial charge in [-0.15, -0.1) is 0 Å². The molecule has 1 aromatic rings. The van der Waals surface area contributed by atoms with Crippen LogP contribution in [0.15, 0.2) is 30.3 Å². The number of rotatable bonds is 6. The van der Waals surface area contributed by atoms with E-state index in [2.05, 4.69) is 22.2 Å². The number of alkyl halides is 3. The molecular weight excluding hydrogens is 243 g/mol. The maximum absolute atomic E-state index is 11.8. The van der Waals surface area contributed by atoms with Crippen LogP contribution in [-0.4, -0.2) is 32.0 Å². The van der Waals surface area contributed by atoms with Gasteiger partial charge in [0.2, 0.25) is 0 Å². The van der Waals surface area contributed by atoms with Crippen molar-refractivity contribution in [3.05, 3.63) is 35.9 Å². The fourth-order valence-corrected chi connectivity index (χ4v) is 1.99. The Kier molecular flexibility index (Phi) is 4.24. The quantitative estimate of drug-likeness (QED) is 0.793. The molecule has 2 rings (SSSR count). The van der Waals surface area contributed by atoms with Gasteiger partial charge in [-0.3, -0.25) is 0 Å². The van der Waals surface area contributed by atoms with Crippen LogP contribution in [0.5, 0.6) is 0 Å². The highest BCUT2D eigenvalue weighted by Crippen LogP contribution is 2.40. The van der Waals surface area contributed by atoms with Crippen molar-refractivity contribution in [1.29, 1.82) is 0 Å². The lowest BCUT2D eigenvalue weighted by molar-refractivity contribution is -0.173. The van der Waals surface area contributed by atoms with Crippen molar-refractivity contribution < 1.29 is 17.9 Å². The summed E-state index contributed by atoms with van der Waals surface area (Å²) in [6, 6.07) is 10.5. The lowest BCUT2D eigenvalue weighted by Gasteiger charge is -2.08. The number of hydrogen-bond acceptors (Lipinski definition) is 2. The molecule has 0 saturated heterocycles. The zero-order chi connectivity index (χ0) is 13.0. The predicted octanol–water partition coefficient (Wildman–Crippen LogP) is 2.71. The first-order valence-electron chi connectivity index (χ1n) is 5.99. The van der Waals surface area contributed by atoms with Crippen molar-refractivity contribution >= 4 is 0 Å². The topological polar surface area (TPSA) is 21.3 Å². The number of nitrogens with one attached hydrogen (secondary N) is 1. The third kappa shape index (κ3) is 4.31. The summed E-state index contributed by atoms with van der Waals surface area (Å²) in [6.45, 7) is -0.608. The summed E-state index contributed by atoms with van der Waals surface area (Å²) < 4.78 is 39.9. The van der Waals surface area contributed by atoms with E-state index in [1.807, 2.05) is 18.2 Å². The molecule has 2 nitrogen and oxygen atoms in total. The van der Waals surface area contributed by atoms with Crippen LogP contribution in [0.1, 0.15) is 17.9 Å². The van der Waals surface area contributed by atoms with Crippen molar-refractivity contribution in [3.8, 4) is 0 Å². The van der Waals surface area contributed by atoms with E-state index in [0.717, 1.165) is 6.42 Å². The van der Waals surface area contributed by atoms with Crippen molar-refractivity contribution in [2.24, 2.45) is 0 Å². The van der Waals surface area contributed by atoms with E-state index in [-0.39, 0.29) is 6.61 Å². The summed E-state index contributed by atoms with van der Waals surface area (Å²) >= 11 is 0. The Morgan fingerprint density at radius 2 is 1.94 bits per heavy atom. The fourth-order valence-electron chi connectivity index (χ4n) is 1.99. The van der Waals surface area contributed by atoms with Crippen LogP contribution in [0.3, 0.4) is 0 Å². The van der Waals surface area contributed by atoms with E-state index >= 15 is 0 Å². The molecule has 100 valence electrons. The van der Waals surface area contributed by atoms with Gasteiger partial charge >= 0.3 is 6.18 Å². The second kappa shape index (κ2) is 5.71. The average Bonchev–Trinajstić information content (AvgIpc) is 3.08. The van der Waals surface area contributed by atoms with Crippen molar-refractivity contribution in [1.82, 2.24) is 5.32 Å². The summed E-state index contributed by atoms with van der Waals surface area (Å²) in [5, 5.41) is 3.20. The van der Waals surface area contributed by atoms with Crippen LogP contribution in [-0.2, 0) is 4.74 Å². The minimum absolute atomic E-state index is 0.0948. The van der Waals surface area contributed by atoms with Crippen LogP contribution in [0.4, 0.5) is 13.2 Å². The molecule has 0 aromatic heterocycles. The highest BCUT2D eigenvalue weighted by Gasteiger charge is 2.37. The summed E-state index contributed by atoms with van der Waals surface area (Å²) in [4.78, 5) is 0. The van der Waals surface area contributed by atoms with Crippen LogP contribution >= 0.6 is 0 Å². The minimum atomic E-state index is -4.23. The molecule has 0 spiro atoms. The number of hydrogen-bond donors (Lipinski definition) is 1. The molecule has 2 atom stereocenters. The molecule has 0 heterocycles. The van der Waals surface area contributed by atoms with Crippen LogP contribution in [0.2, 0.25) is 0 Å². The van der Waals surface area contributed by atoms with Crippen molar-refractivity contribution in [2.75, 3.05) is 19.8 Å². The van der Waals surface area contributed by atoms with Gasteiger partial charge in [0.25, 0.3) is 0 Å². The Labute approximate surface area is 104 Å². The van der Waals surface area contributed by atoms with Gasteiger partial charge in [0.1, 0.15) is 6.61 Å². The molecule has 0 amide bonds. The molecule has 18 heavy (non-hydrogen) atoms. The monoisotopic (exact) mass is 259 g/mol. The first-order valence-corrected chi connectivity index (χ1v) is 5.99. The summed E-state index contributed by atoms with van der Waals surface area (Å²) in [6.07, 6.45) is -3.19. The molecule has 1 aliphatic rings. The fraction of sp³-hybridized carbons (Fsp3) is 0.538. The molecule has 1 fully saturated rings. The Morgan fingerprint density at radius 3 is 2.61 bits per heavy atom. The van der Waals surface area contributed by atoms with Gasteiger partial charge < -0.3 is 10.1 Å². The molecule has 2 unspecified atom stereocenters. The van der Waals surface area contributed by atoms with E-state index < -0.39 is 12.8 Å². The molecule has 1 saturated carbocycles. The van der Waals surface area contributed by atoms with Crippen LogP contribution in [0, 0.1) is 0 Å². The Hall–Kier alpha value is -1.07. The third-order valence-corrected chi connectivity index (χ3v) is 2.94. The minimum Gasteiger partial charge on any atom is -0.371 e. The number of halogens is 3. The van der Waals surface area contributed by atoms with E-state index in [1.165, 1.54) is 5.56 Å². The van der Waals surface area contributed by atoms with E-state index in [0.29, 0.717) is 18.5 Å². The average molecular weight is 259 g/mol. The molecular formula is C13H16F3NO. The van der Waals surface area contributed by atoms with Crippen molar-refractivity contribution in [2.45, 2.75) is 24.6 Å². The molecule has 0 bridgehead atoms. The van der Waals surface area contributed by atoms with Gasteiger partial charge in [-0.1, -0.05) is 30.3 Å². The lowest BCUT2D eigenvalue weighted by atomic mass is 10.1. The maximum atomic E-state index is 11.8. The first-order chi connectivity index (χ1) is 8.56. The predicted molar refractivity (Wildman–Crippen MR) is 62.5 cm³/mol. The van der Waals surface area contributed by atoms with E-state index in [4.69, 9.17) is 0 Å². The Morgan fingerprint density at radius 1 is 1.22 bits per heavy atom. The van der Waals surface area contributed by atoms with Gasteiger partial charge in [-0.25, -0.2) is 0 Å². The van der Waals surface area contributed by atoms with Crippen LogP contribution in [0.25, 0.3) is 0 Å². The summed E-state index contributed by atoms with van der Waals surface area (Å²) in [5.41, 5.74) is 1.28. The molecule has 0 radical (unpaired) electrons. The second-order valence-corrected chi connectivity index (χ2v) is 4.48. The molecule has 1 aromatic carbocycles. The molecule has 1 aliphatic carbocycles. The van der Waals surface area contributed by atoms with Gasteiger partial charge in [-0.05, 0) is 12.0 Å². The smallest absolute Gasteiger partial charge is 0.371 e. The molecule has 5 heteroatoms. The zero-order valence-corrected chi connectivity index (χ0v) is 9.91. The summed E-state index contributed by atoms with van der Waals surface area (Å²) in [5.74, 6) is 0.494. The van der Waals surface area contributed by atoms with Crippen LogP contribution < -0.4 is 5.32 Å². The molecule has 1 N–H and O–H groups in total. The third-order valence-electron chi connectivity index (χ3n) is 2.94. The zero-order valence-electron chi connectivity index (χ0n) is 9.91. The Balaban J connectivity index is 1.58. The van der Waals surface area contributed by atoms with E-state index in [9.17, 15) is 13.2 Å². The van der Waals surface area contributed by atoms with Gasteiger partial charge in [0, 0.05) is 18.5 Å². The van der Waals surface area contributed by atoms with Gasteiger partial charge in [0.15, 0.2) is 0 Å². The second-order valence-electron chi connectivity index (χ2n) is 4.48. The van der Waals surface area contributed by atoms with Gasteiger partial charge in [0.05, 0.1) is 6.61 Å². The maximum Gasteiger partial charge on any atom is 0.411 e. The SMILES string of the molecule is FC(F)(F)COCCNC1CC1c1ccccc1. The Bertz CT molecular complexity index is 366. The standard InChI is InChI=1S/C13H16F3NO/c14-13(15,16)9-18-7-6-17-12-8-11(12)10-4-2-1-3-5-10/h1-5,11-12,17H,6-9H2. The molecule has 0 aliphatic heterocycles. The van der Waals surface area contributed by atoms with Crippen molar-refractivity contribution in [3.63, 3.8) is 0 Å². The summed E-state index contributed by atoms with van der Waals surface area (Å²) in [7, 11) is 0. The first kappa shape index (κ1) is 13.4. The normalized spacial score (nSPS) is 23.1. The van der Waals surface area contributed by atoms with E-state index in [1.54, 1.807) is 0 Å².